The molecule has 1 fully saturated rings. The first kappa shape index (κ1) is 18.3. The summed E-state index contributed by atoms with van der Waals surface area (Å²) in [7, 11) is 1.46. The number of piperazine rings is 1. The quantitative estimate of drug-likeness (QED) is 0.586. The van der Waals surface area contributed by atoms with E-state index in [1.165, 1.54) is 13.2 Å². The van der Waals surface area contributed by atoms with Crippen molar-refractivity contribution in [1.82, 2.24) is 9.80 Å². The molecule has 2 aromatic rings. The van der Waals surface area contributed by atoms with Crippen LogP contribution in [0, 0.1) is 15.9 Å². The minimum absolute atomic E-state index is 0.116. The molecule has 1 saturated heterocycles. The summed E-state index contributed by atoms with van der Waals surface area (Å²) in [6.45, 7) is 5.13. The van der Waals surface area contributed by atoms with Gasteiger partial charge in [0.1, 0.15) is 0 Å². The molecule has 1 heterocycles. The lowest BCUT2D eigenvalue weighted by molar-refractivity contribution is -0.384. The van der Waals surface area contributed by atoms with Crippen LogP contribution < -0.4 is 4.74 Å². The third-order valence-corrected chi connectivity index (χ3v) is 4.64. The van der Waals surface area contributed by atoms with Crippen LogP contribution >= 0.6 is 0 Å². The fourth-order valence-corrected chi connectivity index (χ4v) is 3.15. The maximum atomic E-state index is 13.8. The molecule has 0 atom stereocenters. The van der Waals surface area contributed by atoms with Gasteiger partial charge in [0.2, 0.25) is 0 Å². The lowest BCUT2D eigenvalue weighted by Gasteiger charge is -2.34. The summed E-state index contributed by atoms with van der Waals surface area (Å²) in [6.07, 6.45) is 0. The highest BCUT2D eigenvalue weighted by molar-refractivity contribution is 5.33. The number of nitrogens with zero attached hydrogens (tertiary/aromatic N) is 3. The molecule has 138 valence electrons. The van der Waals surface area contributed by atoms with Gasteiger partial charge in [0.25, 0.3) is 5.69 Å². The molecule has 1 aliphatic rings. The molecule has 7 heteroatoms. The maximum absolute atomic E-state index is 13.8. The zero-order valence-electron chi connectivity index (χ0n) is 14.7. The number of halogens is 1. The van der Waals surface area contributed by atoms with Gasteiger partial charge in [-0.25, -0.2) is 4.39 Å². The Kier molecular flexibility index (Phi) is 5.80. The van der Waals surface area contributed by atoms with Crippen LogP contribution in [0.25, 0.3) is 0 Å². The van der Waals surface area contributed by atoms with E-state index in [-0.39, 0.29) is 22.2 Å². The lowest BCUT2D eigenvalue weighted by atomic mass is 10.1. The van der Waals surface area contributed by atoms with Crippen molar-refractivity contribution in [2.24, 2.45) is 0 Å². The number of nitro groups is 1. The fourth-order valence-electron chi connectivity index (χ4n) is 3.15. The molecule has 0 bridgehead atoms. The Morgan fingerprint density at radius 2 is 1.54 bits per heavy atom. The molecular weight excluding hydrogens is 337 g/mol. The second-order valence-corrected chi connectivity index (χ2v) is 6.44. The number of rotatable bonds is 6. The van der Waals surface area contributed by atoms with Crippen molar-refractivity contribution in [3.05, 3.63) is 69.5 Å². The van der Waals surface area contributed by atoms with Gasteiger partial charge < -0.3 is 4.74 Å². The van der Waals surface area contributed by atoms with Crippen LogP contribution in [0.15, 0.2) is 42.5 Å². The van der Waals surface area contributed by atoms with Crippen molar-refractivity contribution in [1.29, 1.82) is 0 Å². The first-order chi connectivity index (χ1) is 12.5. The van der Waals surface area contributed by atoms with E-state index in [0.29, 0.717) is 6.54 Å². The number of methoxy groups -OCH3 is 1. The summed E-state index contributed by atoms with van der Waals surface area (Å²) in [5.41, 5.74) is 2.12. The summed E-state index contributed by atoms with van der Waals surface area (Å²) >= 11 is 0. The zero-order chi connectivity index (χ0) is 18.5. The smallest absolute Gasteiger partial charge is 0.269 e. The topological polar surface area (TPSA) is 58.8 Å². The Hall–Kier alpha value is -2.51. The van der Waals surface area contributed by atoms with E-state index in [2.05, 4.69) is 9.80 Å². The van der Waals surface area contributed by atoms with Crippen LogP contribution in [0.3, 0.4) is 0 Å². The predicted octanol–water partition coefficient (Wildman–Crippen LogP) is 3.06. The molecule has 0 saturated carbocycles. The Morgan fingerprint density at radius 3 is 2.04 bits per heavy atom. The van der Waals surface area contributed by atoms with E-state index in [0.717, 1.165) is 43.9 Å². The number of benzene rings is 2. The minimum Gasteiger partial charge on any atom is -0.494 e. The number of ether oxygens (including phenoxy) is 1. The molecule has 0 aromatic heterocycles. The van der Waals surface area contributed by atoms with Crippen LogP contribution in [0.2, 0.25) is 0 Å². The highest BCUT2D eigenvalue weighted by Crippen LogP contribution is 2.20. The highest BCUT2D eigenvalue weighted by atomic mass is 19.1. The van der Waals surface area contributed by atoms with E-state index in [9.17, 15) is 14.5 Å². The van der Waals surface area contributed by atoms with Crippen molar-refractivity contribution in [2.75, 3.05) is 33.3 Å². The summed E-state index contributed by atoms with van der Waals surface area (Å²) in [5, 5.41) is 10.7. The van der Waals surface area contributed by atoms with Gasteiger partial charge in [-0.15, -0.1) is 0 Å². The first-order valence-corrected chi connectivity index (χ1v) is 8.55. The van der Waals surface area contributed by atoms with Crippen LogP contribution in [0.4, 0.5) is 10.1 Å². The van der Waals surface area contributed by atoms with Crippen LogP contribution in [-0.4, -0.2) is 48.0 Å². The second kappa shape index (κ2) is 8.25. The monoisotopic (exact) mass is 359 g/mol. The molecule has 3 rings (SSSR count). The molecule has 26 heavy (non-hydrogen) atoms. The highest BCUT2D eigenvalue weighted by Gasteiger charge is 2.18. The van der Waals surface area contributed by atoms with Gasteiger partial charge in [0, 0.05) is 51.4 Å². The average Bonchev–Trinajstić information content (AvgIpc) is 2.64. The molecule has 6 nitrogen and oxygen atoms in total. The third kappa shape index (κ3) is 4.56. The molecule has 0 unspecified atom stereocenters. The summed E-state index contributed by atoms with van der Waals surface area (Å²) in [4.78, 5) is 14.9. The Morgan fingerprint density at radius 1 is 1.00 bits per heavy atom. The Labute approximate surface area is 151 Å². The largest absolute Gasteiger partial charge is 0.494 e. The normalized spacial score (nSPS) is 15.8. The lowest BCUT2D eigenvalue weighted by Crippen LogP contribution is -2.45. The molecular formula is C19H22FN3O3. The third-order valence-electron chi connectivity index (χ3n) is 4.64. The standard InChI is InChI=1S/C19H22FN3O3/c1-26-19-7-4-16(12-18(19)20)14-22-10-8-21(9-11-22)13-15-2-5-17(6-3-15)23(24)25/h2-7,12H,8-11,13-14H2,1H3. The van der Waals surface area contributed by atoms with Crippen molar-refractivity contribution in [3.63, 3.8) is 0 Å². The average molecular weight is 359 g/mol. The van der Waals surface area contributed by atoms with Crippen LogP contribution in [0.1, 0.15) is 11.1 Å². The summed E-state index contributed by atoms with van der Waals surface area (Å²) in [6, 6.07) is 11.8. The van der Waals surface area contributed by atoms with Crippen LogP contribution in [0.5, 0.6) is 5.75 Å². The van der Waals surface area contributed by atoms with E-state index in [1.54, 1.807) is 18.2 Å². The SMILES string of the molecule is COc1ccc(CN2CCN(Cc3ccc([N+](=O)[O-])cc3)CC2)cc1F. The molecule has 1 aliphatic heterocycles. The molecule has 0 amide bonds. The zero-order valence-corrected chi connectivity index (χ0v) is 14.7. The molecule has 0 N–H and O–H groups in total. The number of non-ortho nitro benzene ring substituents is 1. The van der Waals surface area contributed by atoms with Gasteiger partial charge in [-0.2, -0.15) is 0 Å². The van der Waals surface area contributed by atoms with E-state index < -0.39 is 0 Å². The summed E-state index contributed by atoms with van der Waals surface area (Å²) in [5.74, 6) is -0.0662. The van der Waals surface area contributed by atoms with Crippen molar-refractivity contribution >= 4 is 5.69 Å². The minimum atomic E-state index is -0.384. The van der Waals surface area contributed by atoms with Gasteiger partial charge in [0.15, 0.2) is 11.6 Å². The van der Waals surface area contributed by atoms with Crippen molar-refractivity contribution < 1.29 is 14.1 Å². The van der Waals surface area contributed by atoms with Gasteiger partial charge in [-0.05, 0) is 23.3 Å². The number of nitro benzene ring substituents is 1. The molecule has 0 spiro atoms. The van der Waals surface area contributed by atoms with Gasteiger partial charge >= 0.3 is 0 Å². The van der Waals surface area contributed by atoms with Crippen LogP contribution in [-0.2, 0) is 13.1 Å². The maximum Gasteiger partial charge on any atom is 0.269 e. The molecule has 2 aromatic carbocycles. The fraction of sp³-hybridized carbons (Fsp3) is 0.368. The van der Waals surface area contributed by atoms with Gasteiger partial charge in [-0.1, -0.05) is 18.2 Å². The van der Waals surface area contributed by atoms with Crippen molar-refractivity contribution in [3.8, 4) is 5.75 Å². The molecule has 0 aliphatic carbocycles. The first-order valence-electron chi connectivity index (χ1n) is 8.55. The van der Waals surface area contributed by atoms with Crippen molar-refractivity contribution in [2.45, 2.75) is 13.1 Å². The number of hydrogen-bond acceptors (Lipinski definition) is 5. The predicted molar refractivity (Wildman–Crippen MR) is 96.6 cm³/mol. The van der Waals surface area contributed by atoms with Gasteiger partial charge in [-0.3, -0.25) is 19.9 Å². The second-order valence-electron chi connectivity index (χ2n) is 6.44. The Bertz CT molecular complexity index is 759. The molecule has 0 radical (unpaired) electrons. The van der Waals surface area contributed by atoms with E-state index >= 15 is 0 Å². The number of hydrogen-bond donors (Lipinski definition) is 0. The van der Waals surface area contributed by atoms with Gasteiger partial charge in [0.05, 0.1) is 12.0 Å². The van der Waals surface area contributed by atoms with E-state index in [1.807, 2.05) is 18.2 Å². The van der Waals surface area contributed by atoms with E-state index in [4.69, 9.17) is 4.74 Å². The summed E-state index contributed by atoms with van der Waals surface area (Å²) < 4.78 is 18.7. The Balaban J connectivity index is 1.49.